The van der Waals surface area contributed by atoms with E-state index in [2.05, 4.69) is 20.0 Å². The molecule has 1 aliphatic heterocycles. The van der Waals surface area contributed by atoms with Gasteiger partial charge in [0.2, 0.25) is 5.91 Å². The van der Waals surface area contributed by atoms with E-state index in [0.29, 0.717) is 13.2 Å². The van der Waals surface area contributed by atoms with Gasteiger partial charge in [-0.25, -0.2) is 0 Å². The van der Waals surface area contributed by atoms with Gasteiger partial charge in [0, 0.05) is 19.6 Å². The highest BCUT2D eigenvalue weighted by molar-refractivity contribution is 5.77. The molecule has 1 atom stereocenters. The molecule has 0 bridgehead atoms. The molecular weight excluding hydrogens is 307 g/mol. The number of carbonyl (C=O) groups is 1. The first-order valence-electron chi connectivity index (χ1n) is 6.81. The maximum absolute atomic E-state index is 12.2. The highest BCUT2D eigenvalue weighted by Crippen LogP contribution is 2.27. The summed E-state index contributed by atoms with van der Waals surface area (Å²) in [6.45, 7) is 1.04. The van der Waals surface area contributed by atoms with Gasteiger partial charge >= 0.3 is 12.1 Å². The van der Waals surface area contributed by atoms with Crippen molar-refractivity contribution in [2.75, 3.05) is 26.4 Å². The van der Waals surface area contributed by atoms with E-state index in [0.717, 1.165) is 12.8 Å². The van der Waals surface area contributed by atoms with Gasteiger partial charge in [-0.2, -0.15) is 18.2 Å². The lowest BCUT2D eigenvalue weighted by Crippen LogP contribution is -2.30. The molecule has 1 saturated heterocycles. The first-order valence-corrected chi connectivity index (χ1v) is 6.81. The van der Waals surface area contributed by atoms with E-state index in [1.807, 2.05) is 0 Å². The molecule has 0 radical (unpaired) electrons. The Morgan fingerprint density at radius 3 is 2.91 bits per heavy atom. The van der Waals surface area contributed by atoms with Gasteiger partial charge in [-0.3, -0.25) is 4.79 Å². The lowest BCUT2D eigenvalue weighted by atomic mass is 10.2. The van der Waals surface area contributed by atoms with Gasteiger partial charge < -0.3 is 19.3 Å². The van der Waals surface area contributed by atoms with Gasteiger partial charge in [0.05, 0.1) is 12.7 Å². The third-order valence-electron chi connectivity index (χ3n) is 2.94. The number of aromatic nitrogens is 2. The fourth-order valence-corrected chi connectivity index (χ4v) is 1.89. The zero-order chi connectivity index (χ0) is 16.0. The van der Waals surface area contributed by atoms with Gasteiger partial charge in [0.15, 0.2) is 5.82 Å². The summed E-state index contributed by atoms with van der Waals surface area (Å²) in [7, 11) is 0. The van der Waals surface area contributed by atoms with Crippen molar-refractivity contribution in [3.05, 3.63) is 11.7 Å². The quantitative estimate of drug-likeness (QED) is 0.804. The van der Waals surface area contributed by atoms with E-state index in [9.17, 15) is 18.0 Å². The summed E-state index contributed by atoms with van der Waals surface area (Å²) in [5.74, 6) is -1.88. The Morgan fingerprint density at radius 2 is 2.27 bits per heavy atom. The van der Waals surface area contributed by atoms with E-state index < -0.39 is 12.1 Å². The first kappa shape index (κ1) is 16.7. The van der Waals surface area contributed by atoms with Crippen LogP contribution in [0.5, 0.6) is 0 Å². The molecule has 1 amide bonds. The Morgan fingerprint density at radius 1 is 1.45 bits per heavy atom. The first-order chi connectivity index (χ1) is 10.4. The largest absolute Gasteiger partial charge is 0.471 e. The minimum atomic E-state index is -4.66. The minimum absolute atomic E-state index is 0.0351. The molecule has 1 N–H and O–H groups in total. The predicted octanol–water partition coefficient (Wildman–Crippen LogP) is 0.943. The Balaban J connectivity index is 1.59. The second kappa shape index (κ2) is 7.54. The molecule has 2 rings (SSSR count). The maximum Gasteiger partial charge on any atom is 0.471 e. The third-order valence-corrected chi connectivity index (χ3v) is 2.94. The van der Waals surface area contributed by atoms with Crippen molar-refractivity contribution in [2.45, 2.75) is 31.5 Å². The van der Waals surface area contributed by atoms with Gasteiger partial charge in [0.25, 0.3) is 0 Å². The van der Waals surface area contributed by atoms with Gasteiger partial charge in [0.1, 0.15) is 6.61 Å². The van der Waals surface area contributed by atoms with Crippen molar-refractivity contribution in [2.24, 2.45) is 0 Å². The lowest BCUT2D eigenvalue weighted by Gasteiger charge is -2.09. The maximum atomic E-state index is 12.2. The Bertz CT molecular complexity index is 486. The van der Waals surface area contributed by atoms with E-state index >= 15 is 0 Å². The topological polar surface area (TPSA) is 86.5 Å². The minimum Gasteiger partial charge on any atom is -0.376 e. The molecule has 7 nitrogen and oxygen atoms in total. The fraction of sp³-hybridized carbons (Fsp3) is 0.750. The number of halogens is 3. The zero-order valence-electron chi connectivity index (χ0n) is 11.7. The summed E-state index contributed by atoms with van der Waals surface area (Å²) in [5.41, 5.74) is 0. The number of hydrogen-bond donors (Lipinski definition) is 1. The van der Waals surface area contributed by atoms with Crippen molar-refractivity contribution in [3.63, 3.8) is 0 Å². The van der Waals surface area contributed by atoms with Crippen LogP contribution in [0.4, 0.5) is 13.2 Å². The number of hydrogen-bond acceptors (Lipinski definition) is 6. The fourth-order valence-electron chi connectivity index (χ4n) is 1.89. The summed E-state index contributed by atoms with van der Waals surface area (Å²) in [5, 5.41) is 5.69. The van der Waals surface area contributed by atoms with Crippen LogP contribution in [0.15, 0.2) is 4.52 Å². The molecule has 1 aliphatic rings. The Labute approximate surface area is 124 Å². The van der Waals surface area contributed by atoms with Crippen LogP contribution < -0.4 is 5.32 Å². The highest BCUT2D eigenvalue weighted by atomic mass is 19.4. The molecule has 0 saturated carbocycles. The van der Waals surface area contributed by atoms with E-state index in [-0.39, 0.29) is 37.4 Å². The number of nitrogens with one attached hydrogen (secondary N) is 1. The average Bonchev–Trinajstić information content (AvgIpc) is 3.09. The Hall–Kier alpha value is -1.68. The summed E-state index contributed by atoms with van der Waals surface area (Å²) < 4.78 is 51.3. The highest BCUT2D eigenvalue weighted by Gasteiger charge is 2.38. The second-order valence-corrected chi connectivity index (χ2v) is 4.76. The van der Waals surface area contributed by atoms with Crippen LogP contribution in [-0.2, 0) is 26.9 Å². The normalized spacial score (nSPS) is 18.6. The smallest absolute Gasteiger partial charge is 0.376 e. The van der Waals surface area contributed by atoms with Crippen molar-refractivity contribution >= 4 is 5.91 Å². The number of alkyl halides is 3. The van der Waals surface area contributed by atoms with Crippen molar-refractivity contribution in [1.29, 1.82) is 0 Å². The van der Waals surface area contributed by atoms with Crippen LogP contribution >= 0.6 is 0 Å². The third kappa shape index (κ3) is 5.26. The summed E-state index contributed by atoms with van der Waals surface area (Å²) in [4.78, 5) is 14.6. The molecular formula is C12H16F3N3O4. The van der Waals surface area contributed by atoms with Crippen LogP contribution in [0, 0.1) is 0 Å². The zero-order valence-corrected chi connectivity index (χ0v) is 11.7. The number of nitrogens with zero attached hydrogens (tertiary/aromatic N) is 2. The SMILES string of the molecule is O=C(COCC1CCCO1)NCCc1noc(C(F)(F)F)n1. The van der Waals surface area contributed by atoms with Crippen molar-refractivity contribution < 1.29 is 32.0 Å². The number of carbonyl (C=O) groups excluding carboxylic acids is 1. The van der Waals surface area contributed by atoms with Crippen LogP contribution in [0.1, 0.15) is 24.6 Å². The molecule has 10 heteroatoms. The Kier molecular flexibility index (Phi) is 5.72. The number of ether oxygens (including phenoxy) is 2. The van der Waals surface area contributed by atoms with Gasteiger partial charge in [-0.15, -0.1) is 0 Å². The van der Waals surface area contributed by atoms with Crippen LogP contribution in [-0.4, -0.2) is 48.5 Å². The molecule has 124 valence electrons. The number of rotatable bonds is 7. The average molecular weight is 323 g/mol. The van der Waals surface area contributed by atoms with E-state index in [1.54, 1.807) is 0 Å². The molecule has 1 fully saturated rings. The summed E-state index contributed by atoms with van der Waals surface area (Å²) in [6.07, 6.45) is -2.68. The summed E-state index contributed by atoms with van der Waals surface area (Å²) >= 11 is 0. The molecule has 1 aromatic rings. The summed E-state index contributed by atoms with van der Waals surface area (Å²) in [6, 6.07) is 0. The monoisotopic (exact) mass is 323 g/mol. The standard InChI is InChI=1S/C12H16F3N3O4/c13-12(14,15)11-17-9(18-22-11)3-4-16-10(19)7-20-6-8-2-1-5-21-8/h8H,1-7H2,(H,16,19). The molecule has 22 heavy (non-hydrogen) atoms. The number of amides is 1. The molecule has 0 aliphatic carbocycles. The predicted molar refractivity (Wildman–Crippen MR) is 65.8 cm³/mol. The second-order valence-electron chi connectivity index (χ2n) is 4.76. The van der Waals surface area contributed by atoms with Gasteiger partial charge in [-0.05, 0) is 12.8 Å². The molecule has 0 spiro atoms. The van der Waals surface area contributed by atoms with Crippen molar-refractivity contribution in [1.82, 2.24) is 15.5 Å². The van der Waals surface area contributed by atoms with Crippen LogP contribution in [0.25, 0.3) is 0 Å². The lowest BCUT2D eigenvalue weighted by molar-refractivity contribution is -0.159. The van der Waals surface area contributed by atoms with Crippen LogP contribution in [0.2, 0.25) is 0 Å². The van der Waals surface area contributed by atoms with E-state index in [4.69, 9.17) is 9.47 Å². The van der Waals surface area contributed by atoms with Gasteiger partial charge in [-0.1, -0.05) is 5.16 Å². The molecule has 1 aromatic heterocycles. The van der Waals surface area contributed by atoms with Crippen molar-refractivity contribution in [3.8, 4) is 0 Å². The molecule has 2 heterocycles. The van der Waals surface area contributed by atoms with E-state index in [1.165, 1.54) is 0 Å². The van der Waals surface area contributed by atoms with Crippen LogP contribution in [0.3, 0.4) is 0 Å². The molecule has 1 unspecified atom stereocenters. The molecule has 0 aromatic carbocycles.